The van der Waals surface area contributed by atoms with Crippen LogP contribution in [-0.4, -0.2) is 11.1 Å². The predicted octanol–water partition coefficient (Wildman–Crippen LogP) is 3.70. The summed E-state index contributed by atoms with van der Waals surface area (Å²) in [5.74, 6) is -0.458. The van der Waals surface area contributed by atoms with E-state index in [2.05, 4.69) is 0 Å². The van der Waals surface area contributed by atoms with Gasteiger partial charge < -0.3 is 13.9 Å². The zero-order chi connectivity index (χ0) is 12.7. The van der Waals surface area contributed by atoms with Crippen molar-refractivity contribution >= 4 is 16.9 Å². The van der Waals surface area contributed by atoms with E-state index in [1.165, 1.54) is 12.3 Å². The van der Waals surface area contributed by atoms with Gasteiger partial charge in [-0.3, -0.25) is 0 Å². The summed E-state index contributed by atoms with van der Waals surface area (Å²) in [6.45, 7) is 1.96. The van der Waals surface area contributed by atoms with Crippen LogP contribution in [0.2, 0.25) is 0 Å². The maximum Gasteiger partial charge on any atom is 0.338 e. The number of carboxylic acid groups (broad SMARTS) is 1. The Balaban J connectivity index is 2.12. The molecule has 90 valence electrons. The van der Waals surface area contributed by atoms with Crippen molar-refractivity contribution in [1.82, 2.24) is 0 Å². The molecule has 0 fully saturated rings. The van der Waals surface area contributed by atoms with E-state index in [0.29, 0.717) is 5.76 Å². The monoisotopic (exact) mass is 242 g/mol. The molecule has 0 saturated carbocycles. The minimum Gasteiger partial charge on any atom is -0.478 e. The van der Waals surface area contributed by atoms with Crippen LogP contribution in [0.5, 0.6) is 0 Å². The summed E-state index contributed by atoms with van der Waals surface area (Å²) in [6.07, 6.45) is 2.93. The highest BCUT2D eigenvalue weighted by Crippen LogP contribution is 2.28. The number of carboxylic acids is 1. The van der Waals surface area contributed by atoms with Crippen LogP contribution in [0.15, 0.2) is 45.6 Å². The first-order chi connectivity index (χ1) is 8.65. The minimum absolute atomic E-state index is 0.147. The molecule has 2 aromatic heterocycles. The lowest BCUT2D eigenvalue weighted by molar-refractivity contribution is 0.0696. The Morgan fingerprint density at radius 3 is 2.72 bits per heavy atom. The maximum absolute atomic E-state index is 10.8. The number of hydrogen-bond acceptors (Lipinski definition) is 3. The Kier molecular flexibility index (Phi) is 2.23. The quantitative estimate of drug-likeness (QED) is 0.744. The lowest BCUT2D eigenvalue weighted by Crippen LogP contribution is -1.91. The van der Waals surface area contributed by atoms with Gasteiger partial charge in [0.05, 0.1) is 11.8 Å². The molecule has 0 spiro atoms. The molecular weight excluding hydrogens is 232 g/mol. The van der Waals surface area contributed by atoms with Gasteiger partial charge in [-0.2, -0.15) is 0 Å². The van der Waals surface area contributed by atoms with Gasteiger partial charge in [0.25, 0.3) is 0 Å². The zero-order valence-electron chi connectivity index (χ0n) is 9.64. The number of carbonyl (C=O) groups is 1. The van der Waals surface area contributed by atoms with Gasteiger partial charge in [0.2, 0.25) is 0 Å². The van der Waals surface area contributed by atoms with Crippen molar-refractivity contribution in [1.29, 1.82) is 0 Å². The summed E-state index contributed by atoms with van der Waals surface area (Å²) in [4.78, 5) is 10.8. The summed E-state index contributed by atoms with van der Waals surface area (Å²) in [6, 6.07) is 7.13. The second-order valence-corrected chi connectivity index (χ2v) is 4.13. The van der Waals surface area contributed by atoms with Crippen LogP contribution in [-0.2, 0) is 0 Å². The van der Waals surface area contributed by atoms with Crippen LogP contribution in [0.25, 0.3) is 22.3 Å². The summed E-state index contributed by atoms with van der Waals surface area (Å²) in [5, 5.41) is 9.85. The highest BCUT2D eigenvalue weighted by atomic mass is 16.4. The van der Waals surface area contributed by atoms with Crippen LogP contribution in [0.1, 0.15) is 15.9 Å². The molecule has 3 rings (SSSR count). The topological polar surface area (TPSA) is 63.6 Å². The van der Waals surface area contributed by atoms with E-state index < -0.39 is 5.97 Å². The Bertz CT molecular complexity index is 733. The lowest BCUT2D eigenvalue weighted by Gasteiger charge is -1.96. The van der Waals surface area contributed by atoms with E-state index in [-0.39, 0.29) is 5.56 Å². The van der Waals surface area contributed by atoms with Crippen molar-refractivity contribution in [2.45, 2.75) is 6.92 Å². The van der Waals surface area contributed by atoms with Crippen LogP contribution in [0.4, 0.5) is 0 Å². The molecule has 4 heteroatoms. The van der Waals surface area contributed by atoms with Crippen molar-refractivity contribution in [3.63, 3.8) is 0 Å². The first-order valence-corrected chi connectivity index (χ1v) is 5.45. The molecule has 0 saturated heterocycles. The predicted molar refractivity (Wildman–Crippen MR) is 65.6 cm³/mol. The maximum atomic E-state index is 10.8. The number of hydrogen-bond donors (Lipinski definition) is 1. The summed E-state index contributed by atoms with van der Waals surface area (Å²) in [5.41, 5.74) is 2.83. The molecule has 2 heterocycles. The Morgan fingerprint density at radius 1 is 1.17 bits per heavy atom. The number of benzene rings is 1. The summed E-state index contributed by atoms with van der Waals surface area (Å²) >= 11 is 0. The third kappa shape index (κ3) is 1.59. The fourth-order valence-electron chi connectivity index (χ4n) is 1.91. The number of aryl methyl sites for hydroxylation is 1. The van der Waals surface area contributed by atoms with E-state index in [1.807, 2.05) is 25.1 Å². The van der Waals surface area contributed by atoms with Gasteiger partial charge in [0.1, 0.15) is 17.6 Å². The fraction of sp³-hybridized carbons (Fsp3) is 0.0714. The fourth-order valence-corrected chi connectivity index (χ4v) is 1.91. The second-order valence-electron chi connectivity index (χ2n) is 4.13. The van der Waals surface area contributed by atoms with Gasteiger partial charge in [0, 0.05) is 10.9 Å². The molecule has 0 atom stereocenters. The van der Waals surface area contributed by atoms with Crippen molar-refractivity contribution < 1.29 is 18.7 Å². The third-order valence-corrected chi connectivity index (χ3v) is 2.90. The minimum atomic E-state index is -0.995. The average Bonchev–Trinajstić information content (AvgIpc) is 2.96. The lowest BCUT2D eigenvalue weighted by atomic mass is 10.1. The molecular formula is C14H10O4. The highest BCUT2D eigenvalue weighted by Gasteiger charge is 2.11. The normalized spacial score (nSPS) is 10.9. The number of furan rings is 2. The van der Waals surface area contributed by atoms with Crippen LogP contribution in [0, 0.1) is 6.92 Å². The van der Waals surface area contributed by atoms with E-state index >= 15 is 0 Å². The second kappa shape index (κ2) is 3.77. The third-order valence-electron chi connectivity index (χ3n) is 2.90. The van der Waals surface area contributed by atoms with E-state index in [9.17, 15) is 4.79 Å². The standard InChI is InChI=1S/C14H10O4/c1-8-6-17-12-3-2-9(4-11(8)12)13-5-10(7-18-13)14(15)16/h2-7H,1H3,(H,15,16). The first kappa shape index (κ1) is 10.7. The summed E-state index contributed by atoms with van der Waals surface area (Å²) in [7, 11) is 0. The molecule has 0 bridgehead atoms. The molecule has 0 amide bonds. The van der Waals surface area contributed by atoms with Crippen molar-refractivity contribution in [3.05, 3.63) is 47.9 Å². The van der Waals surface area contributed by atoms with Crippen LogP contribution >= 0.6 is 0 Å². The van der Waals surface area contributed by atoms with E-state index in [1.54, 1.807) is 6.26 Å². The first-order valence-electron chi connectivity index (χ1n) is 5.45. The van der Waals surface area contributed by atoms with Gasteiger partial charge in [0.15, 0.2) is 0 Å². The van der Waals surface area contributed by atoms with Crippen molar-refractivity contribution in [2.24, 2.45) is 0 Å². The molecule has 0 aliphatic carbocycles. The largest absolute Gasteiger partial charge is 0.478 e. The highest BCUT2D eigenvalue weighted by molar-refractivity contribution is 5.90. The Hall–Kier alpha value is -2.49. The molecule has 1 aromatic carbocycles. The van der Waals surface area contributed by atoms with Gasteiger partial charge in [-0.25, -0.2) is 4.79 Å². The van der Waals surface area contributed by atoms with Gasteiger partial charge in [-0.15, -0.1) is 0 Å². The van der Waals surface area contributed by atoms with E-state index in [0.717, 1.165) is 22.1 Å². The molecule has 0 aliphatic rings. The molecule has 0 radical (unpaired) electrons. The molecule has 18 heavy (non-hydrogen) atoms. The summed E-state index contributed by atoms with van der Waals surface area (Å²) < 4.78 is 10.6. The Labute approximate surface area is 102 Å². The van der Waals surface area contributed by atoms with Gasteiger partial charge in [-0.1, -0.05) is 0 Å². The molecule has 4 nitrogen and oxygen atoms in total. The zero-order valence-corrected chi connectivity index (χ0v) is 9.64. The van der Waals surface area contributed by atoms with E-state index in [4.69, 9.17) is 13.9 Å². The number of rotatable bonds is 2. The average molecular weight is 242 g/mol. The molecule has 3 aromatic rings. The number of aromatic carboxylic acids is 1. The SMILES string of the molecule is Cc1coc2ccc(-c3cc(C(=O)O)co3)cc12. The smallest absolute Gasteiger partial charge is 0.338 e. The Morgan fingerprint density at radius 2 is 2.00 bits per heavy atom. The molecule has 1 N–H and O–H groups in total. The molecule has 0 unspecified atom stereocenters. The van der Waals surface area contributed by atoms with Crippen LogP contribution < -0.4 is 0 Å². The number of fused-ring (bicyclic) bond motifs is 1. The van der Waals surface area contributed by atoms with Crippen molar-refractivity contribution in [2.75, 3.05) is 0 Å². The van der Waals surface area contributed by atoms with Crippen LogP contribution in [0.3, 0.4) is 0 Å². The molecule has 0 aliphatic heterocycles. The van der Waals surface area contributed by atoms with Gasteiger partial charge >= 0.3 is 5.97 Å². The van der Waals surface area contributed by atoms with Gasteiger partial charge in [-0.05, 0) is 36.8 Å². The van der Waals surface area contributed by atoms with Crippen molar-refractivity contribution in [3.8, 4) is 11.3 Å².